The van der Waals surface area contributed by atoms with Crippen molar-refractivity contribution < 1.29 is 35.9 Å². The number of anilines is 1. The van der Waals surface area contributed by atoms with Gasteiger partial charge in [0.05, 0.1) is 29.4 Å². The maximum Gasteiger partial charge on any atom is 0.418 e. The average molecular weight is 769 g/mol. The van der Waals surface area contributed by atoms with Gasteiger partial charge in [-0.25, -0.2) is 8.42 Å². The molecule has 1 aromatic heterocycles. The molecule has 280 valence electrons. The molecule has 2 amide bonds. The zero-order chi connectivity index (χ0) is 37.8. The Kier molecular flexibility index (Phi) is 11.4. The summed E-state index contributed by atoms with van der Waals surface area (Å²) in [5.41, 5.74) is 7.92. The molecule has 1 saturated heterocycles. The van der Waals surface area contributed by atoms with Gasteiger partial charge in [-0.1, -0.05) is 36.4 Å². The van der Waals surface area contributed by atoms with Crippen LogP contribution in [0.2, 0.25) is 0 Å². The fourth-order valence-corrected chi connectivity index (χ4v) is 9.65. The maximum atomic E-state index is 14.9. The first-order valence-electron chi connectivity index (χ1n) is 17.0. The van der Waals surface area contributed by atoms with E-state index in [0.29, 0.717) is 56.7 Å². The standard InChI is InChI=1S/C37H39F3N6O5S2/c38-37(39,40)30-23-28(12-13-31(30)44-26(15-17-45-19-21-51-22-20-45)24-52-27-8-2-1-3-9-27)53(49,50)46-18-14-25-7-6-10-29(34(41)47)33(25)36(46,35(42)48)32-11-4-5-16-43-32/h1-13,16,23,26,44H,14-15,17-22,24H2,(H2,41,47)(H2,42,48)/t26-,36?/m1/s1. The van der Waals surface area contributed by atoms with Gasteiger partial charge < -0.3 is 21.5 Å². The topological polar surface area (TPSA) is 161 Å². The van der Waals surface area contributed by atoms with Crippen molar-refractivity contribution in [3.63, 3.8) is 0 Å². The van der Waals surface area contributed by atoms with E-state index >= 15 is 0 Å². The van der Waals surface area contributed by atoms with E-state index in [-0.39, 0.29) is 35.5 Å². The molecule has 6 rings (SSSR count). The van der Waals surface area contributed by atoms with Gasteiger partial charge in [-0.3, -0.25) is 19.5 Å². The SMILES string of the molecule is NC(=O)c1cccc2c1C(C(N)=O)(c1ccccn1)N(S(=O)(=O)c1ccc(N[C@H](CCN3CCOCC3)CSc3ccccc3)c(C(F)(F)F)c1)CC2. The molecule has 3 heterocycles. The average Bonchev–Trinajstić information content (AvgIpc) is 3.15. The number of nitrogens with two attached hydrogens (primary N) is 2. The molecule has 0 aliphatic carbocycles. The van der Waals surface area contributed by atoms with Gasteiger partial charge in [0.2, 0.25) is 21.8 Å². The third-order valence-corrected chi connectivity index (χ3v) is 12.5. The number of morpholine rings is 1. The highest BCUT2D eigenvalue weighted by molar-refractivity contribution is 7.99. The number of carbonyl (C=O) groups excluding carboxylic acids is 2. The number of pyridine rings is 1. The molecule has 0 bridgehead atoms. The van der Waals surface area contributed by atoms with Crippen molar-refractivity contribution in [1.82, 2.24) is 14.2 Å². The minimum absolute atomic E-state index is 0.00716. The molecular formula is C37H39F3N6O5S2. The van der Waals surface area contributed by atoms with Gasteiger partial charge in [-0.15, -0.1) is 11.8 Å². The van der Waals surface area contributed by atoms with E-state index in [1.165, 1.54) is 42.2 Å². The van der Waals surface area contributed by atoms with Gasteiger partial charge >= 0.3 is 6.18 Å². The van der Waals surface area contributed by atoms with Gasteiger partial charge in [0.1, 0.15) is 0 Å². The Morgan fingerprint density at radius 1 is 0.962 bits per heavy atom. The molecule has 3 aromatic carbocycles. The zero-order valence-electron chi connectivity index (χ0n) is 28.6. The second-order valence-electron chi connectivity index (χ2n) is 12.7. The van der Waals surface area contributed by atoms with Crippen LogP contribution < -0.4 is 16.8 Å². The van der Waals surface area contributed by atoms with Crippen molar-refractivity contribution >= 4 is 39.3 Å². The van der Waals surface area contributed by atoms with Gasteiger partial charge in [0.25, 0.3) is 0 Å². The summed E-state index contributed by atoms with van der Waals surface area (Å²) in [4.78, 5) is 33.2. The highest BCUT2D eigenvalue weighted by atomic mass is 32.2. The molecule has 0 saturated carbocycles. The number of rotatable bonds is 13. The van der Waals surface area contributed by atoms with Crippen LogP contribution in [-0.2, 0) is 37.7 Å². The van der Waals surface area contributed by atoms with Crippen LogP contribution >= 0.6 is 11.8 Å². The van der Waals surface area contributed by atoms with Gasteiger partial charge in [-0.05, 0) is 66.9 Å². The van der Waals surface area contributed by atoms with Crippen LogP contribution in [0, 0.1) is 0 Å². The van der Waals surface area contributed by atoms with Crippen LogP contribution in [0.15, 0.2) is 101 Å². The molecular weight excluding hydrogens is 730 g/mol. The molecule has 0 spiro atoms. The Morgan fingerprint density at radius 3 is 2.36 bits per heavy atom. The number of alkyl halides is 3. The predicted molar refractivity (Wildman–Crippen MR) is 195 cm³/mol. The molecule has 1 fully saturated rings. The van der Waals surface area contributed by atoms with Crippen molar-refractivity contribution in [3.05, 3.63) is 119 Å². The largest absolute Gasteiger partial charge is 0.418 e. The molecule has 4 aromatic rings. The van der Waals surface area contributed by atoms with Gasteiger partial charge in [0, 0.05) is 65.9 Å². The summed E-state index contributed by atoms with van der Waals surface area (Å²) in [5.74, 6) is -1.72. The normalized spacial score (nSPS) is 18.9. The van der Waals surface area contributed by atoms with Crippen molar-refractivity contribution in [2.45, 2.75) is 40.4 Å². The third-order valence-electron chi connectivity index (χ3n) is 9.46. The highest BCUT2D eigenvalue weighted by Gasteiger charge is 2.57. The van der Waals surface area contributed by atoms with Crippen molar-refractivity contribution in [1.29, 1.82) is 0 Å². The van der Waals surface area contributed by atoms with E-state index in [1.54, 1.807) is 12.1 Å². The summed E-state index contributed by atoms with van der Waals surface area (Å²) in [7, 11) is -4.96. The number of carbonyl (C=O) groups is 2. The lowest BCUT2D eigenvalue weighted by atomic mass is 9.76. The Bertz CT molecular complexity index is 2050. The monoisotopic (exact) mass is 768 g/mol. The number of ether oxygens (including phenoxy) is 1. The number of nitrogens with zero attached hydrogens (tertiary/aromatic N) is 3. The number of primary amides is 2. The fraction of sp³-hybridized carbons (Fsp3) is 0.324. The van der Waals surface area contributed by atoms with E-state index in [0.717, 1.165) is 21.3 Å². The van der Waals surface area contributed by atoms with Crippen LogP contribution in [0.5, 0.6) is 0 Å². The van der Waals surface area contributed by atoms with Crippen LogP contribution in [-0.4, -0.2) is 85.6 Å². The van der Waals surface area contributed by atoms with Crippen LogP contribution in [0.4, 0.5) is 18.9 Å². The number of hydrogen-bond acceptors (Lipinski definition) is 9. The number of sulfonamides is 1. The first-order valence-corrected chi connectivity index (χ1v) is 19.4. The second-order valence-corrected chi connectivity index (χ2v) is 15.7. The molecule has 0 radical (unpaired) electrons. The summed E-state index contributed by atoms with van der Waals surface area (Å²) in [6, 6.07) is 20.7. The highest BCUT2D eigenvalue weighted by Crippen LogP contribution is 2.46. The number of aromatic nitrogens is 1. The first kappa shape index (κ1) is 38.3. The van der Waals surface area contributed by atoms with Crippen LogP contribution in [0.1, 0.15) is 39.2 Å². The number of fused-ring (bicyclic) bond motifs is 1. The van der Waals surface area contributed by atoms with Crippen LogP contribution in [0.3, 0.4) is 0 Å². The Hall–Kier alpha value is -4.48. The summed E-state index contributed by atoms with van der Waals surface area (Å²) >= 11 is 1.50. The number of halogens is 3. The third kappa shape index (κ3) is 7.92. The Labute approximate surface area is 309 Å². The quantitative estimate of drug-likeness (QED) is 0.167. The van der Waals surface area contributed by atoms with Crippen molar-refractivity contribution in [3.8, 4) is 0 Å². The molecule has 11 nitrogen and oxygen atoms in total. The number of nitrogens with one attached hydrogen (secondary N) is 1. The van der Waals surface area contributed by atoms with Crippen LogP contribution in [0.25, 0.3) is 0 Å². The van der Waals surface area contributed by atoms with Gasteiger partial charge in [0.15, 0.2) is 5.54 Å². The minimum Gasteiger partial charge on any atom is -0.381 e. The molecule has 5 N–H and O–H groups in total. The molecule has 2 aliphatic heterocycles. The Balaban J connectivity index is 1.41. The molecule has 1 unspecified atom stereocenters. The van der Waals surface area contributed by atoms with Crippen molar-refractivity contribution in [2.24, 2.45) is 11.5 Å². The van der Waals surface area contributed by atoms with E-state index < -0.39 is 50.1 Å². The van der Waals surface area contributed by atoms with Gasteiger partial charge in [-0.2, -0.15) is 17.5 Å². The molecule has 2 atom stereocenters. The number of benzene rings is 3. The lowest BCUT2D eigenvalue weighted by molar-refractivity contribution is -0.137. The minimum atomic E-state index is -4.97. The second kappa shape index (κ2) is 15.9. The molecule has 16 heteroatoms. The lowest BCUT2D eigenvalue weighted by Crippen LogP contribution is -2.61. The summed E-state index contributed by atoms with van der Waals surface area (Å²) in [6.07, 6.45) is -3.13. The zero-order valence-corrected chi connectivity index (χ0v) is 30.2. The van der Waals surface area contributed by atoms with E-state index in [9.17, 15) is 31.2 Å². The van der Waals surface area contributed by atoms with E-state index in [2.05, 4.69) is 15.2 Å². The molecule has 53 heavy (non-hydrogen) atoms. The smallest absolute Gasteiger partial charge is 0.381 e. The first-order chi connectivity index (χ1) is 25.3. The van der Waals surface area contributed by atoms with E-state index in [1.807, 2.05) is 30.3 Å². The van der Waals surface area contributed by atoms with E-state index in [4.69, 9.17) is 16.2 Å². The number of hydrogen-bond donors (Lipinski definition) is 3. The fourth-order valence-electron chi connectivity index (χ4n) is 6.93. The van der Waals surface area contributed by atoms with Crippen molar-refractivity contribution in [2.75, 3.05) is 50.5 Å². The lowest BCUT2D eigenvalue weighted by Gasteiger charge is -2.45. The summed E-state index contributed by atoms with van der Waals surface area (Å²) in [6.45, 7) is 2.84. The summed E-state index contributed by atoms with van der Waals surface area (Å²) < 4.78 is 80.3. The number of thioether (sulfide) groups is 1. The maximum absolute atomic E-state index is 14.9. The molecule has 2 aliphatic rings. The predicted octanol–water partition coefficient (Wildman–Crippen LogP) is 4.47. The Morgan fingerprint density at radius 2 is 1.70 bits per heavy atom. The number of amides is 2. The summed E-state index contributed by atoms with van der Waals surface area (Å²) in [5, 5.41) is 3.07.